The van der Waals surface area contributed by atoms with Crippen molar-refractivity contribution < 1.29 is 24.2 Å². The van der Waals surface area contributed by atoms with Crippen molar-refractivity contribution >= 4 is 41.4 Å². The predicted molar refractivity (Wildman–Crippen MR) is 304 cm³/mol. The van der Waals surface area contributed by atoms with E-state index >= 15 is 0 Å². The molecule has 0 radical (unpaired) electrons. The highest BCUT2D eigenvalue weighted by Crippen LogP contribution is 2.20. The second-order valence-corrected chi connectivity index (χ2v) is 16.7. The molecule has 0 fully saturated rings. The van der Waals surface area contributed by atoms with Gasteiger partial charge in [-0.05, 0) is 46.5 Å². The average Bonchev–Trinajstić information content (AvgIpc) is 4.18. The molecule has 11 aromatic rings. The zero-order chi connectivity index (χ0) is 55.1. The van der Waals surface area contributed by atoms with Gasteiger partial charge in [0.2, 0.25) is 0 Å². The van der Waals surface area contributed by atoms with Gasteiger partial charge in [0.1, 0.15) is 74.2 Å². The molecule has 0 saturated heterocycles. The largest absolute Gasteiger partial charge is 0.489 e. The monoisotopic (exact) mass is 1060 g/mol. The number of nitrogens with zero attached hydrogens (tertiary/aromatic N) is 11. The highest BCUT2D eigenvalue weighted by atomic mass is 16.5. The van der Waals surface area contributed by atoms with E-state index in [0.29, 0.717) is 55.3 Å². The van der Waals surface area contributed by atoms with Crippen molar-refractivity contribution in [3.8, 4) is 23.0 Å². The summed E-state index contributed by atoms with van der Waals surface area (Å²) in [6, 6.07) is 57.3. The van der Waals surface area contributed by atoms with Gasteiger partial charge in [-0.1, -0.05) is 121 Å². The molecule has 7 aromatic heterocycles. The Balaban J connectivity index is 0.000000145. The van der Waals surface area contributed by atoms with Crippen LogP contribution in [0.2, 0.25) is 0 Å². The van der Waals surface area contributed by atoms with Gasteiger partial charge in [0.05, 0.1) is 6.34 Å². The number of fused-ring (bicyclic) bond motifs is 2. The predicted octanol–water partition coefficient (Wildman–Crippen LogP) is 9.75. The van der Waals surface area contributed by atoms with Crippen LogP contribution < -0.4 is 35.6 Å². The average molecular weight is 1060 g/mol. The Morgan fingerprint density at radius 3 is 1.53 bits per heavy atom. The molecule has 20 heteroatoms. The molecule has 79 heavy (non-hydrogen) atoms. The number of hydroxylamine groups is 1. The molecule has 0 spiro atoms. The first kappa shape index (κ1) is 56.0. The van der Waals surface area contributed by atoms with Crippen LogP contribution in [0.1, 0.15) is 22.3 Å². The Labute approximate surface area is 455 Å². The van der Waals surface area contributed by atoms with Gasteiger partial charge in [-0.2, -0.15) is 5.10 Å². The first-order chi connectivity index (χ1) is 38.7. The lowest BCUT2D eigenvalue weighted by Gasteiger charge is -2.06. The second kappa shape index (κ2) is 31.2. The number of hydrogen-bond acceptors (Lipinski definition) is 15. The number of hydrogen-bond donors (Lipinski definition) is 4. The van der Waals surface area contributed by atoms with Crippen molar-refractivity contribution in [2.75, 3.05) is 19.8 Å². The van der Waals surface area contributed by atoms with Gasteiger partial charge in [0.25, 0.3) is 0 Å². The number of aromatic amines is 1. The molecule has 0 unspecified atom stereocenters. The van der Waals surface area contributed by atoms with Gasteiger partial charge in [-0.25, -0.2) is 43.9 Å². The standard InChI is InChI=1S/C15H17N3O.C13H13N3O2.C13H11N3O.C12H12N2O.C6H5N3O/c1-18(2)12-17-15-10-14(8-9-16-15)19-11-13-6-4-3-5-7-13;17-16-10-15-13-8-12(6-7-14-13)18-9-11-4-2-1-3-5-11;1-2-4-11(5-3-1)9-17-12-6-7-16-13(8-12)14-10-15-16;13-12-8-11(6-7-14-12)15-9-10-4-2-1-3-5-10;10-5-1-2-9-6(3-5)7-4-8-9/h3-10,12H,11H2,1-2H3;1-8,10,17H,9H2,(H,14,15,16);1-8,10H,9H2;1-8H,9H2,(H2,13,14);1-4H,(H,7,8). The van der Waals surface area contributed by atoms with E-state index in [9.17, 15) is 4.79 Å². The maximum atomic E-state index is 10.7. The van der Waals surface area contributed by atoms with Gasteiger partial charge in [0, 0.05) is 81.5 Å². The van der Waals surface area contributed by atoms with Crippen LogP contribution in [0.4, 0.5) is 17.5 Å². The summed E-state index contributed by atoms with van der Waals surface area (Å²) in [5, 5.41) is 15.2. The lowest BCUT2D eigenvalue weighted by atomic mass is 10.2. The highest BCUT2D eigenvalue weighted by Gasteiger charge is 2.02. The first-order valence-electron chi connectivity index (χ1n) is 24.5. The van der Waals surface area contributed by atoms with Crippen LogP contribution in [0, 0.1) is 0 Å². The minimum Gasteiger partial charge on any atom is -0.489 e. The van der Waals surface area contributed by atoms with Crippen molar-refractivity contribution in [3.05, 3.63) is 258 Å². The van der Waals surface area contributed by atoms with Gasteiger partial charge in [-0.15, -0.1) is 0 Å². The van der Waals surface area contributed by atoms with Crippen LogP contribution in [0.5, 0.6) is 23.0 Å². The molecule has 20 nitrogen and oxygen atoms in total. The van der Waals surface area contributed by atoms with E-state index in [4.69, 9.17) is 29.9 Å². The zero-order valence-electron chi connectivity index (χ0n) is 43.3. The Morgan fingerprint density at radius 1 is 0.557 bits per heavy atom. The summed E-state index contributed by atoms with van der Waals surface area (Å²) >= 11 is 0. The number of nitrogen functional groups attached to an aromatic ring is 1. The number of benzene rings is 4. The van der Waals surface area contributed by atoms with Crippen LogP contribution in [-0.2, 0) is 26.4 Å². The zero-order valence-corrected chi connectivity index (χ0v) is 43.3. The van der Waals surface area contributed by atoms with E-state index in [2.05, 4.69) is 45.1 Å². The highest BCUT2D eigenvalue weighted by molar-refractivity contribution is 5.59. The summed E-state index contributed by atoms with van der Waals surface area (Å²) in [6.45, 7) is 2.14. The number of nitrogens with one attached hydrogen (secondary N) is 2. The smallest absolute Gasteiger partial charge is 0.183 e. The fourth-order valence-electron chi connectivity index (χ4n) is 6.59. The Kier molecular flexibility index (Phi) is 22.1. The lowest BCUT2D eigenvalue weighted by molar-refractivity contribution is 0.240. The number of aliphatic imine (C=N–C) groups is 2. The molecule has 4 aromatic carbocycles. The summed E-state index contributed by atoms with van der Waals surface area (Å²) in [4.78, 5) is 40.7. The number of ether oxygens (including phenoxy) is 4. The second-order valence-electron chi connectivity index (χ2n) is 16.7. The Hall–Kier alpha value is -10.7. The van der Waals surface area contributed by atoms with E-state index in [1.54, 1.807) is 64.4 Å². The molecule has 11 rings (SSSR count). The third kappa shape index (κ3) is 20.5. The number of nitrogens with two attached hydrogens (primary N) is 1. The van der Waals surface area contributed by atoms with Crippen molar-refractivity contribution in [3.63, 3.8) is 0 Å². The van der Waals surface area contributed by atoms with Crippen molar-refractivity contribution in [2.45, 2.75) is 26.4 Å². The van der Waals surface area contributed by atoms with Crippen LogP contribution in [0.15, 0.2) is 240 Å². The fraction of sp³-hybridized carbons (Fsp3) is 0.102. The van der Waals surface area contributed by atoms with Crippen molar-refractivity contribution in [2.24, 2.45) is 9.98 Å². The molecule has 0 aliphatic carbocycles. The molecule has 0 bridgehead atoms. The Morgan fingerprint density at radius 2 is 1.04 bits per heavy atom. The maximum absolute atomic E-state index is 10.7. The van der Waals surface area contributed by atoms with E-state index in [1.165, 1.54) is 24.8 Å². The van der Waals surface area contributed by atoms with E-state index < -0.39 is 0 Å². The van der Waals surface area contributed by atoms with E-state index in [0.717, 1.165) is 51.5 Å². The molecule has 0 aliphatic heterocycles. The first-order valence-corrected chi connectivity index (χ1v) is 24.5. The summed E-state index contributed by atoms with van der Waals surface area (Å²) < 4.78 is 25.9. The van der Waals surface area contributed by atoms with Crippen LogP contribution in [-0.4, -0.2) is 81.0 Å². The summed E-state index contributed by atoms with van der Waals surface area (Å²) in [5.41, 5.74) is 13.3. The number of anilines is 1. The normalized spacial score (nSPS) is 10.4. The molecular weight excluding hydrogens is 1000 g/mol. The number of aromatic nitrogens is 9. The van der Waals surface area contributed by atoms with E-state index in [1.807, 2.05) is 176 Å². The van der Waals surface area contributed by atoms with Crippen LogP contribution in [0.3, 0.4) is 0 Å². The minimum atomic E-state index is -0.0212. The maximum Gasteiger partial charge on any atom is 0.183 e. The molecule has 0 saturated carbocycles. The number of rotatable bonds is 16. The van der Waals surface area contributed by atoms with Gasteiger partial charge in [-0.3, -0.25) is 20.6 Å². The Bertz CT molecular complexity index is 3600. The summed E-state index contributed by atoms with van der Waals surface area (Å²) in [7, 11) is 3.83. The topological polar surface area (TPSA) is 242 Å². The van der Waals surface area contributed by atoms with Crippen LogP contribution >= 0.6 is 0 Å². The minimum absolute atomic E-state index is 0.0212. The van der Waals surface area contributed by atoms with Crippen molar-refractivity contribution in [1.82, 2.24) is 54.5 Å². The molecular formula is C59H58N14O6. The van der Waals surface area contributed by atoms with Gasteiger partial charge >= 0.3 is 0 Å². The quantitative estimate of drug-likeness (QED) is 0.0400. The molecule has 7 heterocycles. The van der Waals surface area contributed by atoms with Gasteiger partial charge < -0.3 is 29.6 Å². The SMILES string of the molecule is CN(C)C=Nc1cc(OCc2ccccc2)ccn1.Nc1cc(OCc2ccccc2)ccn1.O=c1ccn2[nH]cnc2c1.ONC=Nc1cc(OCc2ccccc2)ccn1.c1ccc(COc2ccn3ncnc3c2)cc1. The molecule has 0 aliphatic rings. The molecule has 0 amide bonds. The molecule has 400 valence electrons. The van der Waals surface area contributed by atoms with Crippen molar-refractivity contribution in [1.29, 1.82) is 0 Å². The lowest BCUT2D eigenvalue weighted by Crippen LogP contribution is -2.07. The van der Waals surface area contributed by atoms with Gasteiger partial charge in [0.15, 0.2) is 28.4 Å². The van der Waals surface area contributed by atoms with E-state index in [-0.39, 0.29) is 5.43 Å². The number of H-pyrrole nitrogens is 1. The molecule has 0 atom stereocenters. The third-order valence-electron chi connectivity index (χ3n) is 10.4. The molecule has 5 N–H and O–H groups in total. The number of pyridine rings is 5. The van der Waals surface area contributed by atoms with Crippen LogP contribution in [0.25, 0.3) is 11.3 Å². The summed E-state index contributed by atoms with van der Waals surface area (Å²) in [6.07, 6.45) is 14.3. The summed E-state index contributed by atoms with van der Waals surface area (Å²) in [5.74, 6) is 4.56. The third-order valence-corrected chi connectivity index (χ3v) is 10.4. The fourth-order valence-corrected chi connectivity index (χ4v) is 6.59.